The predicted molar refractivity (Wildman–Crippen MR) is 78.6 cm³/mol. The number of benzene rings is 1. The molecular formula is C14H15N3S. The van der Waals surface area contributed by atoms with Gasteiger partial charge in [-0.25, -0.2) is 0 Å². The second kappa shape index (κ2) is 5.60. The van der Waals surface area contributed by atoms with Gasteiger partial charge in [0.2, 0.25) is 0 Å². The molecule has 0 aliphatic heterocycles. The smallest absolute Gasteiger partial charge is 0.103 e. The SMILES string of the molecule is Cc1ccncc1CNc1ccc(C(N)=S)cc1. The summed E-state index contributed by atoms with van der Waals surface area (Å²) in [6.07, 6.45) is 3.68. The van der Waals surface area contributed by atoms with Crippen molar-refractivity contribution in [3.8, 4) is 0 Å². The molecule has 1 aromatic heterocycles. The monoisotopic (exact) mass is 257 g/mol. The third kappa shape index (κ3) is 3.05. The number of aromatic nitrogens is 1. The maximum atomic E-state index is 5.55. The van der Waals surface area contributed by atoms with Gasteiger partial charge in [-0.2, -0.15) is 0 Å². The molecule has 0 fully saturated rings. The summed E-state index contributed by atoms with van der Waals surface area (Å²) >= 11 is 4.91. The van der Waals surface area contributed by atoms with E-state index in [-0.39, 0.29) is 0 Å². The number of hydrogen-bond donors (Lipinski definition) is 2. The predicted octanol–water partition coefficient (Wildman–Crippen LogP) is 2.64. The normalized spacial score (nSPS) is 10.1. The maximum Gasteiger partial charge on any atom is 0.103 e. The zero-order chi connectivity index (χ0) is 13.0. The van der Waals surface area contributed by atoms with Gasteiger partial charge in [-0.05, 0) is 48.4 Å². The molecule has 0 aliphatic rings. The molecule has 2 aromatic rings. The molecule has 0 spiro atoms. The molecule has 0 unspecified atom stereocenters. The number of thiocarbonyl (C=S) groups is 1. The molecule has 3 nitrogen and oxygen atoms in total. The Morgan fingerprint density at radius 1 is 1.28 bits per heavy atom. The lowest BCUT2D eigenvalue weighted by Crippen LogP contribution is -2.09. The molecule has 92 valence electrons. The van der Waals surface area contributed by atoms with E-state index in [1.165, 1.54) is 11.1 Å². The van der Waals surface area contributed by atoms with Crippen LogP contribution in [0.4, 0.5) is 5.69 Å². The molecule has 0 radical (unpaired) electrons. The molecule has 0 saturated carbocycles. The van der Waals surface area contributed by atoms with E-state index in [0.29, 0.717) is 4.99 Å². The summed E-state index contributed by atoms with van der Waals surface area (Å²) in [6, 6.07) is 9.79. The van der Waals surface area contributed by atoms with Crippen LogP contribution in [0.25, 0.3) is 0 Å². The number of anilines is 1. The van der Waals surface area contributed by atoms with Crippen LogP contribution in [0.15, 0.2) is 42.7 Å². The third-order valence-corrected chi connectivity index (χ3v) is 3.04. The fourth-order valence-electron chi connectivity index (χ4n) is 1.63. The Morgan fingerprint density at radius 3 is 2.61 bits per heavy atom. The Hall–Kier alpha value is -1.94. The number of aryl methyl sites for hydroxylation is 1. The van der Waals surface area contributed by atoms with Gasteiger partial charge in [0.15, 0.2) is 0 Å². The molecule has 0 saturated heterocycles. The van der Waals surface area contributed by atoms with Gasteiger partial charge in [-0.3, -0.25) is 4.98 Å². The van der Waals surface area contributed by atoms with Crippen molar-refractivity contribution < 1.29 is 0 Å². The van der Waals surface area contributed by atoms with Gasteiger partial charge in [0, 0.05) is 30.2 Å². The van der Waals surface area contributed by atoms with Gasteiger partial charge < -0.3 is 11.1 Å². The first kappa shape index (κ1) is 12.5. The average Bonchev–Trinajstić information content (AvgIpc) is 2.38. The van der Waals surface area contributed by atoms with Crippen LogP contribution in [-0.4, -0.2) is 9.97 Å². The van der Waals surface area contributed by atoms with Gasteiger partial charge in [0.1, 0.15) is 4.99 Å². The lowest BCUT2D eigenvalue weighted by atomic mass is 10.1. The summed E-state index contributed by atoms with van der Waals surface area (Å²) in [5.41, 5.74) is 9.90. The van der Waals surface area contributed by atoms with Crippen LogP contribution in [0.5, 0.6) is 0 Å². The number of nitrogens with one attached hydrogen (secondary N) is 1. The second-order valence-corrected chi connectivity index (χ2v) is 4.54. The molecule has 0 amide bonds. The van der Waals surface area contributed by atoms with E-state index in [2.05, 4.69) is 17.2 Å². The molecule has 2 rings (SSSR count). The first-order valence-corrected chi connectivity index (χ1v) is 6.11. The minimum absolute atomic E-state index is 0.421. The molecule has 3 N–H and O–H groups in total. The van der Waals surface area contributed by atoms with Crippen molar-refractivity contribution in [3.63, 3.8) is 0 Å². The molecule has 18 heavy (non-hydrogen) atoms. The van der Waals surface area contributed by atoms with Crippen LogP contribution in [-0.2, 0) is 6.54 Å². The minimum atomic E-state index is 0.421. The highest BCUT2D eigenvalue weighted by atomic mass is 32.1. The van der Waals surface area contributed by atoms with E-state index < -0.39 is 0 Å². The Labute approximate surface area is 112 Å². The largest absolute Gasteiger partial charge is 0.389 e. The first-order chi connectivity index (χ1) is 8.66. The van der Waals surface area contributed by atoms with Crippen LogP contribution < -0.4 is 11.1 Å². The second-order valence-electron chi connectivity index (χ2n) is 4.10. The number of pyridine rings is 1. The standard InChI is InChI=1S/C14H15N3S/c1-10-6-7-16-8-12(10)9-17-13-4-2-11(3-5-13)14(15)18/h2-8,17H,9H2,1H3,(H2,15,18). The summed E-state index contributed by atoms with van der Waals surface area (Å²) < 4.78 is 0. The van der Waals surface area contributed by atoms with Crippen molar-refractivity contribution >= 4 is 22.9 Å². The van der Waals surface area contributed by atoms with Crippen molar-refractivity contribution in [2.45, 2.75) is 13.5 Å². The van der Waals surface area contributed by atoms with E-state index in [1.54, 1.807) is 6.20 Å². The highest BCUT2D eigenvalue weighted by molar-refractivity contribution is 7.80. The van der Waals surface area contributed by atoms with Gasteiger partial charge in [0.05, 0.1) is 0 Å². The zero-order valence-corrected chi connectivity index (χ0v) is 11.0. The molecular weight excluding hydrogens is 242 g/mol. The summed E-state index contributed by atoms with van der Waals surface area (Å²) in [5.74, 6) is 0. The maximum absolute atomic E-state index is 5.55. The van der Waals surface area contributed by atoms with E-state index in [1.807, 2.05) is 36.5 Å². The fraction of sp³-hybridized carbons (Fsp3) is 0.143. The molecule has 1 aromatic carbocycles. The highest BCUT2D eigenvalue weighted by Gasteiger charge is 1.99. The van der Waals surface area contributed by atoms with Gasteiger partial charge >= 0.3 is 0 Å². The summed E-state index contributed by atoms with van der Waals surface area (Å²) in [6.45, 7) is 2.83. The molecule has 4 heteroatoms. The lowest BCUT2D eigenvalue weighted by molar-refractivity contribution is 1.08. The average molecular weight is 257 g/mol. The summed E-state index contributed by atoms with van der Waals surface area (Å²) in [4.78, 5) is 4.54. The van der Waals surface area contributed by atoms with Crippen LogP contribution in [0.3, 0.4) is 0 Å². The molecule has 0 atom stereocenters. The van der Waals surface area contributed by atoms with Crippen LogP contribution in [0.1, 0.15) is 16.7 Å². The van der Waals surface area contributed by atoms with E-state index >= 15 is 0 Å². The summed E-state index contributed by atoms with van der Waals surface area (Å²) in [7, 11) is 0. The van der Waals surface area contributed by atoms with Crippen molar-refractivity contribution in [2.75, 3.05) is 5.32 Å². The van der Waals surface area contributed by atoms with E-state index in [4.69, 9.17) is 18.0 Å². The van der Waals surface area contributed by atoms with E-state index in [9.17, 15) is 0 Å². The lowest BCUT2D eigenvalue weighted by Gasteiger charge is -2.09. The van der Waals surface area contributed by atoms with Gasteiger partial charge in [-0.1, -0.05) is 12.2 Å². The van der Waals surface area contributed by atoms with Gasteiger partial charge in [-0.15, -0.1) is 0 Å². The number of nitrogens with two attached hydrogens (primary N) is 1. The van der Waals surface area contributed by atoms with Gasteiger partial charge in [0.25, 0.3) is 0 Å². The van der Waals surface area contributed by atoms with Crippen molar-refractivity contribution in [1.29, 1.82) is 0 Å². The third-order valence-electron chi connectivity index (χ3n) is 2.80. The minimum Gasteiger partial charge on any atom is -0.389 e. The van der Waals surface area contributed by atoms with Crippen molar-refractivity contribution in [2.24, 2.45) is 5.73 Å². The van der Waals surface area contributed by atoms with Crippen molar-refractivity contribution in [1.82, 2.24) is 4.98 Å². The zero-order valence-electron chi connectivity index (χ0n) is 10.2. The molecule has 0 aliphatic carbocycles. The summed E-state index contributed by atoms with van der Waals surface area (Å²) in [5, 5.41) is 3.34. The highest BCUT2D eigenvalue weighted by Crippen LogP contribution is 2.12. The quantitative estimate of drug-likeness (QED) is 0.827. The first-order valence-electron chi connectivity index (χ1n) is 5.70. The fourth-order valence-corrected chi connectivity index (χ4v) is 1.77. The van der Waals surface area contributed by atoms with Crippen LogP contribution in [0.2, 0.25) is 0 Å². The Morgan fingerprint density at radius 2 is 2.00 bits per heavy atom. The number of rotatable bonds is 4. The Balaban J connectivity index is 2.02. The van der Waals surface area contributed by atoms with E-state index in [0.717, 1.165) is 17.8 Å². The van der Waals surface area contributed by atoms with Crippen LogP contribution in [0, 0.1) is 6.92 Å². The topological polar surface area (TPSA) is 50.9 Å². The molecule has 1 heterocycles. The van der Waals surface area contributed by atoms with Crippen LogP contribution >= 0.6 is 12.2 Å². The number of nitrogens with zero attached hydrogens (tertiary/aromatic N) is 1. The molecule has 0 bridgehead atoms. The Bertz CT molecular complexity index is 549. The number of hydrogen-bond acceptors (Lipinski definition) is 3. The van der Waals surface area contributed by atoms with Crippen molar-refractivity contribution in [3.05, 3.63) is 59.4 Å². The Kier molecular flexibility index (Phi) is 3.89.